The average Bonchev–Trinajstić information content (AvgIpc) is 2.34. The lowest BCUT2D eigenvalue weighted by atomic mass is 10.1. The number of alkyl halides is 1. The molecule has 0 fully saturated rings. The second-order valence-corrected chi connectivity index (χ2v) is 4.90. The Labute approximate surface area is 118 Å². The normalized spacial score (nSPS) is 25.6. The van der Waals surface area contributed by atoms with Crippen molar-refractivity contribution in [2.24, 2.45) is 10.7 Å². The van der Waals surface area contributed by atoms with Gasteiger partial charge in [0.15, 0.2) is 11.5 Å². The van der Waals surface area contributed by atoms with Crippen molar-refractivity contribution in [3.05, 3.63) is 17.6 Å². The first-order valence-electron chi connectivity index (χ1n) is 5.20. The first-order chi connectivity index (χ1) is 8.74. The molecular formula is C9H11Cl2N5O3. The molecule has 0 saturated heterocycles. The van der Waals surface area contributed by atoms with Crippen LogP contribution in [0, 0.1) is 0 Å². The van der Waals surface area contributed by atoms with Crippen LogP contribution >= 0.6 is 23.4 Å². The van der Waals surface area contributed by atoms with Crippen molar-refractivity contribution in [3.8, 4) is 0 Å². The Kier molecular flexibility index (Phi) is 3.54. The highest BCUT2D eigenvalue weighted by Gasteiger charge is 2.39. The van der Waals surface area contributed by atoms with E-state index in [1.54, 1.807) is 0 Å². The van der Waals surface area contributed by atoms with Crippen LogP contribution in [0.2, 0.25) is 0 Å². The van der Waals surface area contributed by atoms with Gasteiger partial charge >= 0.3 is 0 Å². The van der Waals surface area contributed by atoms with Crippen molar-refractivity contribution in [2.75, 3.05) is 4.42 Å². The fraction of sp³-hybridized carbons (Fsp3) is 0.444. The Bertz CT molecular complexity index is 537. The summed E-state index contributed by atoms with van der Waals surface area (Å²) in [5.41, 5.74) is 5.57. The fourth-order valence-electron chi connectivity index (χ4n) is 1.47. The molecule has 0 amide bonds. The van der Waals surface area contributed by atoms with E-state index in [0.717, 1.165) is 4.42 Å². The third kappa shape index (κ3) is 2.45. The summed E-state index contributed by atoms with van der Waals surface area (Å²) < 4.78 is 0.773. The van der Waals surface area contributed by atoms with Gasteiger partial charge < -0.3 is 15.3 Å². The number of aliphatic hydroxyl groups is 3. The zero-order valence-corrected chi connectivity index (χ0v) is 11.2. The number of aliphatic imine (C=N–C) groups is 1. The maximum atomic E-state index is 9.71. The van der Waals surface area contributed by atoms with Gasteiger partial charge in [-0.15, -0.1) is 0 Å². The largest absolute Gasteiger partial charge is 0.492 e. The van der Waals surface area contributed by atoms with E-state index in [9.17, 15) is 15.3 Å². The average molecular weight is 308 g/mol. The second kappa shape index (κ2) is 4.73. The summed E-state index contributed by atoms with van der Waals surface area (Å²) in [4.78, 5) is 11.4. The summed E-state index contributed by atoms with van der Waals surface area (Å²) in [5, 5.41) is 26.7. The number of hydrogen-bond donors (Lipinski definition) is 4. The molecule has 2 rings (SSSR count). The zero-order chi connectivity index (χ0) is 14.4. The van der Waals surface area contributed by atoms with E-state index in [1.807, 2.05) is 0 Å². The molecule has 5 N–H and O–H groups in total. The Morgan fingerprint density at radius 3 is 2.68 bits per heavy atom. The number of nitrogens with zero attached hydrogens (tertiary/aromatic N) is 4. The zero-order valence-electron chi connectivity index (χ0n) is 9.70. The van der Waals surface area contributed by atoms with E-state index < -0.39 is 23.4 Å². The predicted octanol–water partition coefficient (Wildman–Crippen LogP) is -0.0220. The van der Waals surface area contributed by atoms with Crippen LogP contribution < -0.4 is 10.2 Å². The predicted molar refractivity (Wildman–Crippen MR) is 68.9 cm³/mol. The minimum absolute atomic E-state index is 0.0294. The molecule has 1 aromatic heterocycles. The van der Waals surface area contributed by atoms with Gasteiger partial charge in [-0.05, 0) is 6.92 Å². The van der Waals surface area contributed by atoms with Gasteiger partial charge in [-0.2, -0.15) is 4.99 Å². The molecule has 0 aliphatic carbocycles. The van der Waals surface area contributed by atoms with Crippen molar-refractivity contribution in [3.63, 3.8) is 0 Å². The minimum Gasteiger partial charge on any atom is -0.492 e. The first kappa shape index (κ1) is 14.2. The lowest BCUT2D eigenvalue weighted by molar-refractivity contribution is 0.0276. The summed E-state index contributed by atoms with van der Waals surface area (Å²) in [6, 6.07) is 0. The molecule has 1 aliphatic rings. The Hall–Kier alpha value is -1.19. The van der Waals surface area contributed by atoms with Gasteiger partial charge in [0.1, 0.15) is 6.10 Å². The molecule has 19 heavy (non-hydrogen) atoms. The van der Waals surface area contributed by atoms with Crippen LogP contribution in [0.25, 0.3) is 0 Å². The Morgan fingerprint density at radius 1 is 1.47 bits per heavy atom. The summed E-state index contributed by atoms with van der Waals surface area (Å²) in [5.74, 6) is -0.584. The molecular weight excluding hydrogens is 297 g/mol. The molecule has 3 unspecified atom stereocenters. The summed E-state index contributed by atoms with van der Waals surface area (Å²) in [6.07, 6.45) is -1.13. The molecule has 0 bridgehead atoms. The van der Waals surface area contributed by atoms with Crippen molar-refractivity contribution in [1.82, 2.24) is 9.97 Å². The molecule has 0 saturated carbocycles. The van der Waals surface area contributed by atoms with E-state index in [4.69, 9.17) is 29.1 Å². The number of aliphatic hydroxyl groups excluding tert-OH is 3. The fourth-order valence-corrected chi connectivity index (χ4v) is 1.79. The highest BCUT2D eigenvalue weighted by atomic mass is 35.5. The van der Waals surface area contributed by atoms with Crippen LogP contribution in [-0.2, 0) is 0 Å². The number of aromatic nitrogens is 2. The van der Waals surface area contributed by atoms with Crippen LogP contribution in [0.1, 0.15) is 24.4 Å². The number of anilines is 1. The van der Waals surface area contributed by atoms with Gasteiger partial charge in [0.2, 0.25) is 5.90 Å². The topological polar surface area (TPSA) is 128 Å². The van der Waals surface area contributed by atoms with E-state index in [-0.39, 0.29) is 17.2 Å². The number of hydrogen-bond acceptors (Lipinski definition) is 7. The van der Waals surface area contributed by atoms with Gasteiger partial charge in [-0.25, -0.2) is 14.4 Å². The molecule has 8 nitrogen and oxygen atoms in total. The SMILES string of the molecule is CC(O)C(O)c1cnc2c(n1)N(Cl)C(N)(Cl)N=C2O. The molecule has 2 heterocycles. The van der Waals surface area contributed by atoms with Gasteiger partial charge in [0, 0.05) is 11.8 Å². The third-order valence-electron chi connectivity index (χ3n) is 2.47. The van der Waals surface area contributed by atoms with Gasteiger partial charge in [-0.1, -0.05) is 11.6 Å². The van der Waals surface area contributed by atoms with Crippen LogP contribution in [0.5, 0.6) is 0 Å². The highest BCUT2D eigenvalue weighted by Crippen LogP contribution is 2.33. The number of rotatable bonds is 2. The Balaban J connectivity index is 2.52. The first-order valence-corrected chi connectivity index (χ1v) is 5.91. The Morgan fingerprint density at radius 2 is 2.11 bits per heavy atom. The molecule has 0 aromatic carbocycles. The van der Waals surface area contributed by atoms with Crippen molar-refractivity contribution in [1.29, 1.82) is 0 Å². The smallest absolute Gasteiger partial charge is 0.283 e. The third-order valence-corrected chi connectivity index (χ3v) is 3.23. The highest BCUT2D eigenvalue weighted by molar-refractivity contribution is 6.36. The number of halogens is 2. The van der Waals surface area contributed by atoms with Crippen molar-refractivity contribution >= 4 is 35.1 Å². The summed E-state index contributed by atoms with van der Waals surface area (Å²) in [6.45, 7) is 1.39. The quantitative estimate of drug-likeness (QED) is 0.343. The number of nitrogens with two attached hydrogens (primary N) is 1. The van der Waals surface area contributed by atoms with Crippen LogP contribution in [0.4, 0.5) is 5.82 Å². The monoisotopic (exact) mass is 307 g/mol. The van der Waals surface area contributed by atoms with Gasteiger partial charge in [0.25, 0.3) is 5.25 Å². The van der Waals surface area contributed by atoms with E-state index in [1.165, 1.54) is 13.1 Å². The standard InChI is InChI=1S/C9H11Cl2N5O3/c1-3(17)6(18)4-2-13-5-7(14-4)16(11)9(10,12)15-8(5)19/h2-3,6,17-18H,12H2,1H3,(H,15,19). The molecule has 10 heteroatoms. The van der Waals surface area contributed by atoms with Crippen LogP contribution in [0.3, 0.4) is 0 Å². The molecule has 0 radical (unpaired) electrons. The van der Waals surface area contributed by atoms with Crippen LogP contribution in [-0.4, -0.2) is 42.5 Å². The van der Waals surface area contributed by atoms with E-state index >= 15 is 0 Å². The summed E-state index contributed by atoms with van der Waals surface area (Å²) in [7, 11) is 0. The maximum absolute atomic E-state index is 9.71. The minimum atomic E-state index is -1.91. The molecule has 0 spiro atoms. The lowest BCUT2D eigenvalue weighted by Gasteiger charge is -2.31. The molecule has 1 aromatic rings. The summed E-state index contributed by atoms with van der Waals surface area (Å²) >= 11 is 11.7. The lowest BCUT2D eigenvalue weighted by Crippen LogP contribution is -2.49. The molecule has 104 valence electrons. The second-order valence-electron chi connectivity index (χ2n) is 4.01. The van der Waals surface area contributed by atoms with E-state index in [0.29, 0.717) is 0 Å². The maximum Gasteiger partial charge on any atom is 0.283 e. The van der Waals surface area contributed by atoms with Crippen molar-refractivity contribution in [2.45, 2.75) is 24.4 Å². The molecule has 1 aliphatic heterocycles. The van der Waals surface area contributed by atoms with Gasteiger partial charge in [0.05, 0.1) is 18.0 Å². The van der Waals surface area contributed by atoms with E-state index in [2.05, 4.69) is 15.0 Å². The number of fused-ring (bicyclic) bond motifs is 1. The van der Waals surface area contributed by atoms with Gasteiger partial charge in [-0.3, -0.25) is 5.73 Å². The van der Waals surface area contributed by atoms with Crippen LogP contribution in [0.15, 0.2) is 11.2 Å². The molecule has 3 atom stereocenters. The van der Waals surface area contributed by atoms with Crippen molar-refractivity contribution < 1.29 is 15.3 Å².